The molecule has 138 valence electrons. The van der Waals surface area contributed by atoms with Crippen LogP contribution in [0.4, 0.5) is 0 Å². The van der Waals surface area contributed by atoms with Crippen LogP contribution in [0.2, 0.25) is 0 Å². The largest absolute Gasteiger partial charge is 0.468 e. The van der Waals surface area contributed by atoms with E-state index in [0.29, 0.717) is 25.2 Å². The molecule has 27 heavy (non-hydrogen) atoms. The summed E-state index contributed by atoms with van der Waals surface area (Å²) in [6, 6.07) is 15.3. The average molecular weight is 363 g/mol. The molecule has 5 nitrogen and oxygen atoms in total. The molecule has 1 aromatic carbocycles. The Morgan fingerprint density at radius 1 is 0.889 bits per heavy atom. The summed E-state index contributed by atoms with van der Waals surface area (Å²) in [5.74, 6) is 1.73. The third-order valence-electron chi connectivity index (χ3n) is 4.62. The Balaban J connectivity index is 1.68. The van der Waals surface area contributed by atoms with Crippen molar-refractivity contribution in [2.24, 2.45) is 0 Å². The summed E-state index contributed by atoms with van der Waals surface area (Å²) < 4.78 is 16.4. The van der Waals surface area contributed by atoms with Crippen LogP contribution >= 0.6 is 0 Å². The van der Waals surface area contributed by atoms with Crippen molar-refractivity contribution in [3.8, 4) is 0 Å². The highest BCUT2D eigenvalue weighted by Crippen LogP contribution is 2.22. The molecule has 0 fully saturated rings. The highest BCUT2D eigenvalue weighted by atomic mass is 16.4. The van der Waals surface area contributed by atoms with Crippen LogP contribution in [0.15, 0.2) is 79.1 Å². The van der Waals surface area contributed by atoms with Crippen LogP contribution in [-0.2, 0) is 26.1 Å². The maximum Gasteiger partial charge on any atom is 0.336 e. The minimum absolute atomic E-state index is 0.332. The number of hydrogen-bond acceptors (Lipinski definition) is 5. The second-order valence-corrected chi connectivity index (χ2v) is 6.58. The van der Waals surface area contributed by atoms with Crippen LogP contribution in [0.25, 0.3) is 11.0 Å². The first-order valence-corrected chi connectivity index (χ1v) is 9.04. The zero-order chi connectivity index (χ0) is 18.6. The summed E-state index contributed by atoms with van der Waals surface area (Å²) in [5.41, 5.74) is 2.38. The maximum absolute atomic E-state index is 12.1. The second-order valence-electron chi connectivity index (χ2n) is 6.58. The van der Waals surface area contributed by atoms with E-state index < -0.39 is 0 Å². The summed E-state index contributed by atoms with van der Waals surface area (Å²) >= 11 is 0. The third kappa shape index (κ3) is 4.04. The van der Waals surface area contributed by atoms with Gasteiger partial charge in [0, 0.05) is 18.0 Å². The molecule has 4 rings (SSSR count). The van der Waals surface area contributed by atoms with Gasteiger partial charge in [-0.15, -0.1) is 0 Å². The van der Waals surface area contributed by atoms with Gasteiger partial charge in [-0.05, 0) is 47.9 Å². The topological polar surface area (TPSA) is 59.7 Å². The van der Waals surface area contributed by atoms with Crippen LogP contribution in [0, 0.1) is 0 Å². The zero-order valence-electron chi connectivity index (χ0n) is 15.2. The van der Waals surface area contributed by atoms with Gasteiger partial charge in [0.2, 0.25) is 0 Å². The predicted molar refractivity (Wildman–Crippen MR) is 102 cm³/mol. The SMILES string of the molecule is CCc1ccc2c(CN(Cc3ccco3)Cc3ccco3)cc(=O)oc2c1. The number of hydrogen-bond donors (Lipinski definition) is 0. The van der Waals surface area contributed by atoms with E-state index in [-0.39, 0.29) is 5.63 Å². The molecule has 0 aliphatic carbocycles. The molecular weight excluding hydrogens is 342 g/mol. The van der Waals surface area contributed by atoms with E-state index >= 15 is 0 Å². The highest BCUT2D eigenvalue weighted by Gasteiger charge is 2.15. The fourth-order valence-electron chi connectivity index (χ4n) is 3.28. The Kier molecular flexibility index (Phi) is 4.94. The lowest BCUT2D eigenvalue weighted by Crippen LogP contribution is -2.22. The normalized spacial score (nSPS) is 11.5. The first-order valence-electron chi connectivity index (χ1n) is 9.04. The molecule has 3 aromatic heterocycles. The van der Waals surface area contributed by atoms with Gasteiger partial charge in [-0.25, -0.2) is 4.79 Å². The average Bonchev–Trinajstić information content (AvgIpc) is 3.35. The van der Waals surface area contributed by atoms with Gasteiger partial charge in [0.25, 0.3) is 0 Å². The third-order valence-corrected chi connectivity index (χ3v) is 4.62. The number of benzene rings is 1. The van der Waals surface area contributed by atoms with Crippen molar-refractivity contribution in [1.82, 2.24) is 4.90 Å². The number of nitrogens with zero attached hydrogens (tertiary/aromatic N) is 1. The Morgan fingerprint density at radius 2 is 1.59 bits per heavy atom. The van der Waals surface area contributed by atoms with E-state index in [4.69, 9.17) is 13.3 Å². The molecule has 0 atom stereocenters. The molecule has 0 aliphatic rings. The van der Waals surface area contributed by atoms with Crippen LogP contribution in [-0.4, -0.2) is 4.90 Å². The standard InChI is InChI=1S/C22H21NO4/c1-2-16-7-8-20-17(12-22(24)27-21(20)11-16)13-23(14-18-5-3-9-25-18)15-19-6-4-10-26-19/h3-12H,2,13-15H2,1H3. The number of aryl methyl sites for hydroxylation is 1. The molecule has 4 aromatic rings. The van der Waals surface area contributed by atoms with E-state index in [1.807, 2.05) is 36.4 Å². The molecule has 0 saturated heterocycles. The predicted octanol–water partition coefficient (Wildman–Crippen LogP) is 4.74. The van der Waals surface area contributed by atoms with Gasteiger partial charge in [0.15, 0.2) is 0 Å². The van der Waals surface area contributed by atoms with E-state index in [9.17, 15) is 4.79 Å². The molecule has 0 radical (unpaired) electrons. The molecule has 0 saturated carbocycles. The van der Waals surface area contributed by atoms with Gasteiger partial charge in [0.05, 0.1) is 25.6 Å². The van der Waals surface area contributed by atoms with Gasteiger partial charge in [-0.3, -0.25) is 4.90 Å². The summed E-state index contributed by atoms with van der Waals surface area (Å²) in [6.45, 7) is 3.89. The van der Waals surface area contributed by atoms with Crippen LogP contribution in [0.3, 0.4) is 0 Å². The maximum atomic E-state index is 12.1. The molecule has 3 heterocycles. The second kappa shape index (κ2) is 7.68. The Bertz CT molecular complexity index is 1030. The molecular formula is C22H21NO4. The van der Waals surface area contributed by atoms with E-state index in [2.05, 4.69) is 17.9 Å². The minimum atomic E-state index is -0.332. The van der Waals surface area contributed by atoms with Gasteiger partial charge >= 0.3 is 5.63 Å². The lowest BCUT2D eigenvalue weighted by Gasteiger charge is -2.21. The molecule has 0 unspecified atom stereocenters. The zero-order valence-corrected chi connectivity index (χ0v) is 15.2. The Morgan fingerprint density at radius 3 is 2.19 bits per heavy atom. The molecule has 0 amide bonds. The first-order chi connectivity index (χ1) is 13.2. The smallest absolute Gasteiger partial charge is 0.336 e. The highest BCUT2D eigenvalue weighted by molar-refractivity contribution is 5.80. The van der Waals surface area contributed by atoms with Gasteiger partial charge in [-0.1, -0.05) is 19.1 Å². The molecule has 0 N–H and O–H groups in total. The summed E-state index contributed by atoms with van der Waals surface area (Å²) in [4.78, 5) is 14.3. The molecule has 5 heteroatoms. The summed E-state index contributed by atoms with van der Waals surface area (Å²) in [5, 5.41) is 0.954. The van der Waals surface area contributed by atoms with Crippen LogP contribution < -0.4 is 5.63 Å². The lowest BCUT2D eigenvalue weighted by molar-refractivity contribution is 0.210. The molecule has 0 aliphatic heterocycles. The van der Waals surface area contributed by atoms with Gasteiger partial charge < -0.3 is 13.3 Å². The van der Waals surface area contributed by atoms with E-state index in [1.165, 1.54) is 0 Å². The van der Waals surface area contributed by atoms with Crippen molar-refractivity contribution >= 4 is 11.0 Å². The van der Waals surface area contributed by atoms with Crippen LogP contribution in [0.5, 0.6) is 0 Å². The Labute approximate surface area is 156 Å². The van der Waals surface area contributed by atoms with Gasteiger partial charge in [0.1, 0.15) is 17.1 Å². The van der Waals surface area contributed by atoms with E-state index in [0.717, 1.165) is 34.5 Å². The van der Waals surface area contributed by atoms with Gasteiger partial charge in [-0.2, -0.15) is 0 Å². The van der Waals surface area contributed by atoms with Crippen molar-refractivity contribution in [3.05, 3.63) is 94.1 Å². The quantitative estimate of drug-likeness (QED) is 0.444. The monoisotopic (exact) mass is 363 g/mol. The van der Waals surface area contributed by atoms with Crippen molar-refractivity contribution in [1.29, 1.82) is 0 Å². The molecule has 0 bridgehead atoms. The fraction of sp³-hybridized carbons (Fsp3) is 0.227. The van der Waals surface area contributed by atoms with E-state index in [1.54, 1.807) is 18.6 Å². The first kappa shape index (κ1) is 17.4. The van der Waals surface area contributed by atoms with Crippen molar-refractivity contribution in [3.63, 3.8) is 0 Å². The summed E-state index contributed by atoms with van der Waals surface area (Å²) in [6.07, 6.45) is 4.23. The van der Waals surface area contributed by atoms with Crippen molar-refractivity contribution in [2.75, 3.05) is 0 Å². The van der Waals surface area contributed by atoms with Crippen LogP contribution in [0.1, 0.15) is 29.6 Å². The fourth-order valence-corrected chi connectivity index (χ4v) is 3.28. The Hall–Kier alpha value is -3.05. The van der Waals surface area contributed by atoms with Crippen molar-refractivity contribution in [2.45, 2.75) is 33.0 Å². The number of furan rings is 2. The molecule has 0 spiro atoms. The lowest BCUT2D eigenvalue weighted by atomic mass is 10.1. The minimum Gasteiger partial charge on any atom is -0.468 e. The number of fused-ring (bicyclic) bond motifs is 1. The number of rotatable bonds is 7. The van der Waals surface area contributed by atoms with Crippen molar-refractivity contribution < 1.29 is 13.3 Å². The summed E-state index contributed by atoms with van der Waals surface area (Å²) in [7, 11) is 0.